The number of rotatable bonds is 3. The minimum absolute atomic E-state index is 0.0287. The van der Waals surface area contributed by atoms with Gasteiger partial charge in [0.15, 0.2) is 11.5 Å². The van der Waals surface area contributed by atoms with Crippen LogP contribution in [-0.2, 0) is 15.1 Å². The van der Waals surface area contributed by atoms with Gasteiger partial charge in [-0.15, -0.1) is 0 Å². The first-order valence-corrected chi connectivity index (χ1v) is 8.81. The van der Waals surface area contributed by atoms with Gasteiger partial charge in [-0.2, -0.15) is 0 Å². The van der Waals surface area contributed by atoms with Crippen molar-refractivity contribution in [3.8, 4) is 11.5 Å². The Morgan fingerprint density at radius 2 is 1.92 bits per heavy atom. The fraction of sp³-hybridized carbons (Fsp3) is 0.611. The molecule has 2 N–H and O–H groups in total. The van der Waals surface area contributed by atoms with Gasteiger partial charge >= 0.3 is 0 Å². The SMILES string of the molecule is O=C(NC1(c2ccc3c(c2)OCCO3)CCCC1)C1CNCCO1. The van der Waals surface area contributed by atoms with Crippen molar-refractivity contribution in [2.24, 2.45) is 0 Å². The third-order valence-corrected chi connectivity index (χ3v) is 5.13. The minimum Gasteiger partial charge on any atom is -0.486 e. The number of ether oxygens (including phenoxy) is 3. The number of nitrogens with one attached hydrogen (secondary N) is 2. The van der Waals surface area contributed by atoms with Gasteiger partial charge in [0.2, 0.25) is 0 Å². The molecule has 2 aliphatic heterocycles. The first-order chi connectivity index (χ1) is 11.8. The summed E-state index contributed by atoms with van der Waals surface area (Å²) in [5.74, 6) is 1.53. The maximum absolute atomic E-state index is 12.7. The van der Waals surface area contributed by atoms with Crippen molar-refractivity contribution in [2.45, 2.75) is 37.3 Å². The Kier molecular flexibility index (Phi) is 4.33. The molecule has 0 spiro atoms. The summed E-state index contributed by atoms with van der Waals surface area (Å²) in [7, 11) is 0. The van der Waals surface area contributed by atoms with E-state index in [4.69, 9.17) is 14.2 Å². The molecule has 130 valence electrons. The van der Waals surface area contributed by atoms with Crippen LogP contribution in [0.4, 0.5) is 0 Å². The van der Waals surface area contributed by atoms with Crippen LogP contribution in [-0.4, -0.2) is 44.9 Å². The van der Waals surface area contributed by atoms with Gasteiger partial charge < -0.3 is 24.8 Å². The predicted octanol–water partition coefficient (Wildman–Crippen LogP) is 1.33. The number of benzene rings is 1. The number of carbonyl (C=O) groups excluding carboxylic acids is 1. The first kappa shape index (κ1) is 15.7. The van der Waals surface area contributed by atoms with Crippen LogP contribution in [0.1, 0.15) is 31.2 Å². The van der Waals surface area contributed by atoms with E-state index in [1.54, 1.807) is 0 Å². The molecular weight excluding hydrogens is 308 g/mol. The van der Waals surface area contributed by atoms with Gasteiger partial charge in [-0.05, 0) is 30.5 Å². The summed E-state index contributed by atoms with van der Waals surface area (Å²) in [4.78, 5) is 12.7. The van der Waals surface area contributed by atoms with E-state index in [0.717, 1.165) is 49.3 Å². The van der Waals surface area contributed by atoms with Gasteiger partial charge in [-0.3, -0.25) is 4.79 Å². The van der Waals surface area contributed by atoms with Gasteiger partial charge in [0.1, 0.15) is 19.3 Å². The van der Waals surface area contributed by atoms with E-state index >= 15 is 0 Å². The highest BCUT2D eigenvalue weighted by Crippen LogP contribution is 2.42. The number of amides is 1. The molecule has 4 rings (SSSR count). The molecule has 1 saturated heterocycles. The Hall–Kier alpha value is -1.79. The number of carbonyl (C=O) groups is 1. The standard InChI is InChI=1S/C18H24N2O4/c21-17(16-12-19-7-8-22-16)20-18(5-1-2-6-18)13-3-4-14-15(11-13)24-10-9-23-14/h3-4,11,16,19H,1-2,5-10,12H2,(H,20,21). The predicted molar refractivity (Wildman–Crippen MR) is 88.3 cm³/mol. The maximum atomic E-state index is 12.7. The van der Waals surface area contributed by atoms with Crippen molar-refractivity contribution in [1.29, 1.82) is 0 Å². The Balaban J connectivity index is 1.57. The van der Waals surface area contributed by atoms with Crippen molar-refractivity contribution in [3.63, 3.8) is 0 Å². The number of hydrogen-bond donors (Lipinski definition) is 2. The number of fused-ring (bicyclic) bond motifs is 1. The zero-order valence-corrected chi connectivity index (χ0v) is 13.8. The van der Waals surface area contributed by atoms with Crippen LogP contribution >= 0.6 is 0 Å². The van der Waals surface area contributed by atoms with E-state index in [9.17, 15) is 4.79 Å². The van der Waals surface area contributed by atoms with E-state index in [0.29, 0.717) is 26.4 Å². The molecule has 0 aromatic heterocycles. The molecule has 2 heterocycles. The van der Waals surface area contributed by atoms with Gasteiger partial charge in [-0.25, -0.2) is 0 Å². The molecule has 1 saturated carbocycles. The molecule has 1 aromatic carbocycles. The van der Waals surface area contributed by atoms with E-state index in [1.165, 1.54) is 0 Å². The molecule has 0 radical (unpaired) electrons. The summed E-state index contributed by atoms with van der Waals surface area (Å²) in [6.45, 7) is 3.10. The average molecular weight is 332 g/mol. The lowest BCUT2D eigenvalue weighted by atomic mass is 9.87. The zero-order valence-electron chi connectivity index (χ0n) is 13.8. The van der Waals surface area contributed by atoms with Gasteiger partial charge in [0.25, 0.3) is 5.91 Å². The lowest BCUT2D eigenvalue weighted by molar-refractivity contribution is -0.136. The highest BCUT2D eigenvalue weighted by atomic mass is 16.6. The quantitative estimate of drug-likeness (QED) is 0.874. The van der Waals surface area contributed by atoms with Gasteiger partial charge in [0, 0.05) is 13.1 Å². The van der Waals surface area contributed by atoms with Crippen LogP contribution in [0.2, 0.25) is 0 Å². The van der Waals surface area contributed by atoms with Crippen LogP contribution in [0.25, 0.3) is 0 Å². The first-order valence-electron chi connectivity index (χ1n) is 8.81. The number of morpholine rings is 1. The van der Waals surface area contributed by atoms with Crippen LogP contribution in [0, 0.1) is 0 Å². The topological polar surface area (TPSA) is 68.8 Å². The second-order valence-corrected chi connectivity index (χ2v) is 6.70. The molecule has 6 nitrogen and oxygen atoms in total. The molecule has 1 aromatic rings. The molecule has 6 heteroatoms. The summed E-state index contributed by atoms with van der Waals surface area (Å²) in [6, 6.07) is 6.04. The molecule has 3 aliphatic rings. The normalized spacial score (nSPS) is 25.2. The minimum atomic E-state index is -0.409. The second-order valence-electron chi connectivity index (χ2n) is 6.70. The summed E-state index contributed by atoms with van der Waals surface area (Å²) in [5.41, 5.74) is 0.773. The van der Waals surface area contributed by atoms with E-state index < -0.39 is 6.10 Å². The average Bonchev–Trinajstić information content (AvgIpc) is 3.11. The third-order valence-electron chi connectivity index (χ3n) is 5.13. The van der Waals surface area contributed by atoms with Crippen molar-refractivity contribution >= 4 is 5.91 Å². The summed E-state index contributed by atoms with van der Waals surface area (Å²) >= 11 is 0. The van der Waals surface area contributed by atoms with Crippen molar-refractivity contribution in [1.82, 2.24) is 10.6 Å². The van der Waals surface area contributed by atoms with Crippen LogP contribution in [0.3, 0.4) is 0 Å². The zero-order chi connectivity index (χ0) is 16.4. The van der Waals surface area contributed by atoms with Crippen molar-refractivity contribution in [2.75, 3.05) is 32.9 Å². The monoisotopic (exact) mass is 332 g/mol. The highest BCUT2D eigenvalue weighted by molar-refractivity contribution is 5.82. The van der Waals surface area contributed by atoms with Crippen LogP contribution in [0.15, 0.2) is 18.2 Å². The Morgan fingerprint density at radius 1 is 1.12 bits per heavy atom. The smallest absolute Gasteiger partial charge is 0.251 e. The van der Waals surface area contributed by atoms with Crippen molar-refractivity contribution < 1.29 is 19.0 Å². The summed E-state index contributed by atoms with van der Waals surface area (Å²) in [6.07, 6.45) is 3.70. The highest BCUT2D eigenvalue weighted by Gasteiger charge is 2.39. The molecule has 1 amide bonds. The van der Waals surface area contributed by atoms with Crippen molar-refractivity contribution in [3.05, 3.63) is 23.8 Å². The summed E-state index contributed by atoms with van der Waals surface area (Å²) in [5, 5.41) is 6.50. The largest absolute Gasteiger partial charge is 0.486 e. The Labute approximate surface area is 141 Å². The van der Waals surface area contributed by atoms with Gasteiger partial charge in [-0.1, -0.05) is 18.9 Å². The lowest BCUT2D eigenvalue weighted by Crippen LogP contribution is -2.53. The summed E-state index contributed by atoms with van der Waals surface area (Å²) < 4.78 is 16.9. The fourth-order valence-corrected chi connectivity index (χ4v) is 3.86. The maximum Gasteiger partial charge on any atom is 0.251 e. The van der Waals surface area contributed by atoms with Gasteiger partial charge in [0.05, 0.1) is 12.1 Å². The Bertz CT molecular complexity index is 607. The molecule has 24 heavy (non-hydrogen) atoms. The molecule has 1 aliphatic carbocycles. The third kappa shape index (κ3) is 2.96. The second kappa shape index (κ2) is 6.61. The van der Waals surface area contributed by atoms with E-state index in [-0.39, 0.29) is 11.4 Å². The fourth-order valence-electron chi connectivity index (χ4n) is 3.86. The number of hydrogen-bond acceptors (Lipinski definition) is 5. The molecule has 1 atom stereocenters. The molecular formula is C18H24N2O4. The molecule has 1 unspecified atom stereocenters. The van der Waals surface area contributed by atoms with E-state index in [1.807, 2.05) is 12.1 Å². The van der Waals surface area contributed by atoms with Crippen LogP contribution in [0.5, 0.6) is 11.5 Å². The molecule has 0 bridgehead atoms. The van der Waals surface area contributed by atoms with Crippen LogP contribution < -0.4 is 20.1 Å². The van der Waals surface area contributed by atoms with E-state index in [2.05, 4.69) is 16.7 Å². The molecule has 2 fully saturated rings. The lowest BCUT2D eigenvalue weighted by Gasteiger charge is -2.34. The Morgan fingerprint density at radius 3 is 2.67 bits per heavy atom.